The summed E-state index contributed by atoms with van der Waals surface area (Å²) in [6.45, 7) is 0.591. The Labute approximate surface area is 122 Å². The lowest BCUT2D eigenvalue weighted by atomic mass is 9.71. The number of nitrogens with zero attached hydrogens (tertiary/aromatic N) is 1. The molecule has 1 aliphatic carbocycles. The highest BCUT2D eigenvalue weighted by Crippen LogP contribution is 2.38. The number of amides is 1. The number of pyridine rings is 1. The molecule has 2 rings (SSSR count). The smallest absolute Gasteiger partial charge is 0.226 e. The molecule has 0 spiro atoms. The molecule has 0 aromatic carbocycles. The topological polar surface area (TPSA) is 68.0 Å². The molecule has 104 valence electrons. The number of hydrogen-bond acceptors (Lipinski definition) is 3. The third kappa shape index (κ3) is 4.01. The Bertz CT molecular complexity index is 427. The predicted molar refractivity (Wildman–Crippen MR) is 79.8 cm³/mol. The van der Waals surface area contributed by atoms with Crippen molar-refractivity contribution in [1.29, 1.82) is 0 Å². The third-order valence-corrected chi connectivity index (χ3v) is 4.35. The molecule has 1 aliphatic rings. The first-order valence-corrected chi connectivity index (χ1v) is 7.54. The van der Waals surface area contributed by atoms with Gasteiger partial charge in [-0.2, -0.15) is 0 Å². The fourth-order valence-corrected chi connectivity index (χ4v) is 2.97. The summed E-state index contributed by atoms with van der Waals surface area (Å²) in [6, 6.07) is 3.65. The summed E-state index contributed by atoms with van der Waals surface area (Å²) in [5, 5.41) is 2.85. The van der Waals surface area contributed by atoms with Crippen LogP contribution in [0, 0.1) is 5.41 Å². The Morgan fingerprint density at radius 1 is 1.37 bits per heavy atom. The van der Waals surface area contributed by atoms with Gasteiger partial charge in [0.2, 0.25) is 5.91 Å². The van der Waals surface area contributed by atoms with E-state index < -0.39 is 0 Å². The molecule has 1 heterocycles. The molecule has 5 heteroatoms. The first-order chi connectivity index (χ1) is 9.13. The normalized spacial score (nSPS) is 18.0. The quantitative estimate of drug-likeness (QED) is 0.893. The van der Waals surface area contributed by atoms with Gasteiger partial charge in [0, 0.05) is 17.1 Å². The SMILES string of the molecule is NCC1(CC(=O)Nc2ccc(Br)cn2)CCCCC1. The van der Waals surface area contributed by atoms with Crippen LogP contribution in [0.4, 0.5) is 5.82 Å². The Morgan fingerprint density at radius 2 is 2.11 bits per heavy atom. The van der Waals surface area contributed by atoms with Crippen molar-refractivity contribution in [3.05, 3.63) is 22.8 Å². The summed E-state index contributed by atoms with van der Waals surface area (Å²) in [5.41, 5.74) is 5.90. The van der Waals surface area contributed by atoms with Gasteiger partial charge in [0.05, 0.1) is 0 Å². The molecular weight excluding hydrogens is 306 g/mol. The molecule has 3 N–H and O–H groups in total. The fraction of sp³-hybridized carbons (Fsp3) is 0.571. The summed E-state index contributed by atoms with van der Waals surface area (Å²) in [6.07, 6.45) is 7.92. The minimum absolute atomic E-state index is 0.00228. The molecule has 1 aromatic heterocycles. The van der Waals surface area contributed by atoms with Gasteiger partial charge in [-0.3, -0.25) is 4.79 Å². The Morgan fingerprint density at radius 3 is 2.68 bits per heavy atom. The van der Waals surface area contributed by atoms with Gasteiger partial charge in [-0.25, -0.2) is 4.98 Å². The monoisotopic (exact) mass is 325 g/mol. The number of nitrogens with two attached hydrogens (primary N) is 1. The Hall–Kier alpha value is -0.940. The first-order valence-electron chi connectivity index (χ1n) is 6.75. The van der Waals surface area contributed by atoms with Crippen LogP contribution in [0.5, 0.6) is 0 Å². The molecule has 0 atom stereocenters. The zero-order valence-corrected chi connectivity index (χ0v) is 12.6. The molecule has 1 amide bonds. The van der Waals surface area contributed by atoms with E-state index >= 15 is 0 Å². The van der Waals surface area contributed by atoms with E-state index in [0.717, 1.165) is 17.3 Å². The highest BCUT2D eigenvalue weighted by Gasteiger charge is 2.32. The molecule has 19 heavy (non-hydrogen) atoms. The van der Waals surface area contributed by atoms with E-state index in [9.17, 15) is 4.79 Å². The van der Waals surface area contributed by atoms with Crippen LogP contribution in [0.3, 0.4) is 0 Å². The first kappa shape index (κ1) is 14.5. The lowest BCUT2D eigenvalue weighted by Gasteiger charge is -2.35. The lowest BCUT2D eigenvalue weighted by Crippen LogP contribution is -2.36. The summed E-state index contributed by atoms with van der Waals surface area (Å²) in [4.78, 5) is 16.3. The van der Waals surface area contributed by atoms with E-state index in [1.807, 2.05) is 6.07 Å². The predicted octanol–water partition coefficient (Wildman–Crippen LogP) is 3.08. The van der Waals surface area contributed by atoms with E-state index in [-0.39, 0.29) is 11.3 Å². The van der Waals surface area contributed by atoms with Crippen molar-refractivity contribution in [3.8, 4) is 0 Å². The third-order valence-electron chi connectivity index (χ3n) is 3.88. The average molecular weight is 326 g/mol. The van der Waals surface area contributed by atoms with Crippen molar-refractivity contribution in [3.63, 3.8) is 0 Å². The minimum Gasteiger partial charge on any atom is -0.330 e. The van der Waals surface area contributed by atoms with Crippen molar-refractivity contribution < 1.29 is 4.79 Å². The zero-order valence-electron chi connectivity index (χ0n) is 11.0. The second kappa shape index (κ2) is 6.48. The van der Waals surface area contributed by atoms with Crippen molar-refractivity contribution in [2.45, 2.75) is 38.5 Å². The van der Waals surface area contributed by atoms with Gasteiger partial charge < -0.3 is 11.1 Å². The molecule has 0 unspecified atom stereocenters. The number of anilines is 1. The van der Waals surface area contributed by atoms with Gasteiger partial charge in [0.25, 0.3) is 0 Å². The van der Waals surface area contributed by atoms with E-state index in [1.165, 1.54) is 19.3 Å². The van der Waals surface area contributed by atoms with Crippen LogP contribution in [0.15, 0.2) is 22.8 Å². The standard InChI is InChI=1S/C14H20BrN3O/c15-11-4-5-12(17-9-11)18-13(19)8-14(10-16)6-2-1-3-7-14/h4-5,9H,1-3,6-8,10,16H2,(H,17,18,19). The average Bonchev–Trinajstić information content (AvgIpc) is 2.42. The second-order valence-corrected chi connectivity index (χ2v) is 6.27. The molecule has 0 saturated heterocycles. The van der Waals surface area contributed by atoms with E-state index in [1.54, 1.807) is 12.3 Å². The number of halogens is 1. The summed E-state index contributed by atoms with van der Waals surface area (Å²) < 4.78 is 0.899. The maximum Gasteiger partial charge on any atom is 0.226 e. The summed E-state index contributed by atoms with van der Waals surface area (Å²) in [5.74, 6) is 0.610. The molecule has 1 saturated carbocycles. The van der Waals surface area contributed by atoms with Crippen LogP contribution >= 0.6 is 15.9 Å². The number of carbonyl (C=O) groups is 1. The Balaban J connectivity index is 1.94. The van der Waals surface area contributed by atoms with Crippen LogP contribution in [-0.2, 0) is 4.79 Å². The van der Waals surface area contributed by atoms with Crippen LogP contribution in [0.1, 0.15) is 38.5 Å². The van der Waals surface area contributed by atoms with Crippen LogP contribution in [0.2, 0.25) is 0 Å². The van der Waals surface area contributed by atoms with Gasteiger partial charge >= 0.3 is 0 Å². The zero-order chi connectivity index (χ0) is 13.7. The van der Waals surface area contributed by atoms with Gasteiger partial charge in [0.1, 0.15) is 5.82 Å². The molecule has 1 aromatic rings. The maximum atomic E-state index is 12.1. The van der Waals surface area contributed by atoms with Gasteiger partial charge in [-0.05, 0) is 52.9 Å². The largest absolute Gasteiger partial charge is 0.330 e. The van der Waals surface area contributed by atoms with E-state index in [0.29, 0.717) is 18.8 Å². The maximum absolute atomic E-state index is 12.1. The van der Waals surface area contributed by atoms with Crippen molar-refractivity contribution in [1.82, 2.24) is 4.98 Å². The van der Waals surface area contributed by atoms with Crippen molar-refractivity contribution in [2.75, 3.05) is 11.9 Å². The van der Waals surface area contributed by atoms with E-state index in [2.05, 4.69) is 26.2 Å². The molecular formula is C14H20BrN3O. The molecule has 4 nitrogen and oxygen atoms in total. The molecule has 0 bridgehead atoms. The number of carbonyl (C=O) groups excluding carboxylic acids is 1. The summed E-state index contributed by atoms with van der Waals surface area (Å²) in [7, 11) is 0. The van der Waals surface area contributed by atoms with Crippen LogP contribution in [-0.4, -0.2) is 17.4 Å². The Kier molecular flexibility index (Phi) is 4.93. The molecule has 0 aliphatic heterocycles. The lowest BCUT2D eigenvalue weighted by molar-refractivity contribution is -0.118. The number of hydrogen-bond donors (Lipinski definition) is 2. The summed E-state index contributed by atoms with van der Waals surface area (Å²) >= 11 is 3.32. The van der Waals surface area contributed by atoms with Gasteiger partial charge in [-0.1, -0.05) is 19.3 Å². The molecule has 1 fully saturated rings. The number of rotatable bonds is 4. The van der Waals surface area contributed by atoms with Crippen molar-refractivity contribution >= 4 is 27.7 Å². The second-order valence-electron chi connectivity index (χ2n) is 5.35. The highest BCUT2D eigenvalue weighted by atomic mass is 79.9. The van der Waals surface area contributed by atoms with Gasteiger partial charge in [-0.15, -0.1) is 0 Å². The van der Waals surface area contributed by atoms with Crippen LogP contribution < -0.4 is 11.1 Å². The molecule has 0 radical (unpaired) electrons. The van der Waals surface area contributed by atoms with E-state index in [4.69, 9.17) is 5.73 Å². The highest BCUT2D eigenvalue weighted by molar-refractivity contribution is 9.10. The minimum atomic E-state index is -0.00228. The fourth-order valence-electron chi connectivity index (χ4n) is 2.73. The van der Waals surface area contributed by atoms with Crippen molar-refractivity contribution in [2.24, 2.45) is 11.1 Å². The number of nitrogens with one attached hydrogen (secondary N) is 1. The van der Waals surface area contributed by atoms with Crippen LogP contribution in [0.25, 0.3) is 0 Å². The number of aromatic nitrogens is 1. The van der Waals surface area contributed by atoms with Gasteiger partial charge in [0.15, 0.2) is 0 Å².